The van der Waals surface area contributed by atoms with Gasteiger partial charge in [-0.25, -0.2) is 0 Å². The molecule has 1 aliphatic rings. The van der Waals surface area contributed by atoms with Crippen LogP contribution in [0.4, 0.5) is 5.69 Å². The summed E-state index contributed by atoms with van der Waals surface area (Å²) in [5.74, 6) is -0.338. The first-order valence-corrected chi connectivity index (χ1v) is 9.05. The van der Waals surface area contributed by atoms with Crippen LogP contribution in [-0.2, 0) is 11.3 Å². The van der Waals surface area contributed by atoms with Gasteiger partial charge in [0.25, 0.3) is 5.91 Å². The van der Waals surface area contributed by atoms with Gasteiger partial charge in [0.2, 0.25) is 5.91 Å². The third-order valence-electron chi connectivity index (χ3n) is 4.71. The molecular formula is C21H25N3O2. The van der Waals surface area contributed by atoms with E-state index in [2.05, 4.69) is 22.3 Å². The van der Waals surface area contributed by atoms with E-state index in [1.54, 1.807) is 36.2 Å². The Morgan fingerprint density at radius 2 is 1.65 bits per heavy atom. The first-order chi connectivity index (χ1) is 12.6. The van der Waals surface area contributed by atoms with Crippen LogP contribution < -0.4 is 10.2 Å². The molecule has 0 aromatic heterocycles. The highest BCUT2D eigenvalue weighted by molar-refractivity contribution is 5.96. The van der Waals surface area contributed by atoms with Crippen molar-refractivity contribution in [2.24, 2.45) is 0 Å². The van der Waals surface area contributed by atoms with E-state index >= 15 is 0 Å². The van der Waals surface area contributed by atoms with Crippen molar-refractivity contribution >= 4 is 17.5 Å². The molecule has 3 rings (SSSR count). The number of nitrogens with one attached hydrogen (secondary N) is 1. The Morgan fingerprint density at radius 3 is 2.38 bits per heavy atom. The summed E-state index contributed by atoms with van der Waals surface area (Å²) in [6, 6.07) is 17.2. The largest absolute Gasteiger partial charge is 0.371 e. The molecule has 0 aliphatic carbocycles. The Kier molecular flexibility index (Phi) is 5.89. The van der Waals surface area contributed by atoms with Crippen LogP contribution in [0, 0.1) is 0 Å². The maximum absolute atomic E-state index is 12.4. The highest BCUT2D eigenvalue weighted by Crippen LogP contribution is 2.25. The number of para-hydroxylation sites is 1. The number of hydrogen-bond donors (Lipinski definition) is 1. The SMILES string of the molecule is CN(Cc1ccccc1N1CCCC1)C(=O)CNC(=O)c1ccccc1. The van der Waals surface area contributed by atoms with Gasteiger partial charge < -0.3 is 15.1 Å². The highest BCUT2D eigenvalue weighted by atomic mass is 16.2. The fourth-order valence-corrected chi connectivity index (χ4v) is 3.24. The summed E-state index contributed by atoms with van der Waals surface area (Å²) < 4.78 is 0. The predicted molar refractivity (Wildman–Crippen MR) is 103 cm³/mol. The molecule has 2 aromatic rings. The van der Waals surface area contributed by atoms with Crippen molar-refractivity contribution in [2.75, 3.05) is 31.6 Å². The van der Waals surface area contributed by atoms with Crippen molar-refractivity contribution in [3.05, 3.63) is 65.7 Å². The van der Waals surface area contributed by atoms with Gasteiger partial charge in [0.1, 0.15) is 0 Å². The summed E-state index contributed by atoms with van der Waals surface area (Å²) in [7, 11) is 1.78. The number of nitrogens with zero attached hydrogens (tertiary/aromatic N) is 2. The molecule has 5 nitrogen and oxygen atoms in total. The first kappa shape index (κ1) is 18.0. The van der Waals surface area contributed by atoms with Crippen LogP contribution in [-0.4, -0.2) is 43.4 Å². The lowest BCUT2D eigenvalue weighted by Gasteiger charge is -2.24. The van der Waals surface area contributed by atoms with E-state index in [0.717, 1.165) is 18.7 Å². The fraction of sp³-hybridized carbons (Fsp3) is 0.333. The Morgan fingerprint density at radius 1 is 1.00 bits per heavy atom. The van der Waals surface area contributed by atoms with Crippen molar-refractivity contribution in [3.63, 3.8) is 0 Å². The van der Waals surface area contributed by atoms with Crippen molar-refractivity contribution < 1.29 is 9.59 Å². The summed E-state index contributed by atoms with van der Waals surface area (Å²) in [4.78, 5) is 28.5. The topological polar surface area (TPSA) is 52.6 Å². The molecule has 26 heavy (non-hydrogen) atoms. The molecule has 0 bridgehead atoms. The molecule has 2 aromatic carbocycles. The number of amides is 2. The fourth-order valence-electron chi connectivity index (χ4n) is 3.24. The molecule has 1 saturated heterocycles. The Bertz CT molecular complexity index is 755. The number of likely N-dealkylation sites (N-methyl/N-ethyl adjacent to an activating group) is 1. The van der Waals surface area contributed by atoms with Crippen molar-refractivity contribution in [3.8, 4) is 0 Å². The van der Waals surface area contributed by atoms with Gasteiger partial charge in [-0.2, -0.15) is 0 Å². The van der Waals surface area contributed by atoms with Gasteiger partial charge >= 0.3 is 0 Å². The van der Waals surface area contributed by atoms with Gasteiger partial charge in [0.05, 0.1) is 6.54 Å². The number of carbonyl (C=O) groups excluding carboxylic acids is 2. The molecule has 0 saturated carbocycles. The molecule has 136 valence electrons. The average Bonchev–Trinajstić information content (AvgIpc) is 3.21. The lowest BCUT2D eigenvalue weighted by Crippen LogP contribution is -2.38. The van der Waals surface area contributed by atoms with E-state index in [0.29, 0.717) is 12.1 Å². The van der Waals surface area contributed by atoms with E-state index < -0.39 is 0 Å². The first-order valence-electron chi connectivity index (χ1n) is 9.05. The molecule has 1 N–H and O–H groups in total. The Hall–Kier alpha value is -2.82. The summed E-state index contributed by atoms with van der Waals surface area (Å²) in [5, 5.41) is 2.69. The molecule has 2 amide bonds. The molecule has 1 fully saturated rings. The second-order valence-corrected chi connectivity index (χ2v) is 6.62. The number of benzene rings is 2. The molecule has 0 radical (unpaired) electrons. The van der Waals surface area contributed by atoms with Crippen LogP contribution in [0.15, 0.2) is 54.6 Å². The quantitative estimate of drug-likeness (QED) is 0.871. The second kappa shape index (κ2) is 8.52. The maximum Gasteiger partial charge on any atom is 0.251 e. The van der Waals surface area contributed by atoms with Gasteiger partial charge in [-0.1, -0.05) is 36.4 Å². The summed E-state index contributed by atoms with van der Waals surface area (Å²) in [6.07, 6.45) is 2.43. The number of rotatable bonds is 6. The number of anilines is 1. The third-order valence-corrected chi connectivity index (χ3v) is 4.71. The average molecular weight is 351 g/mol. The minimum absolute atomic E-state index is 0.00386. The standard InChI is InChI=1S/C21H25N3O2/c1-23(20(25)15-22-21(26)17-9-3-2-4-10-17)16-18-11-5-6-12-19(18)24-13-7-8-14-24/h2-6,9-12H,7-8,13-16H2,1H3,(H,22,26). The summed E-state index contributed by atoms with van der Waals surface area (Å²) >= 11 is 0. The minimum Gasteiger partial charge on any atom is -0.371 e. The third kappa shape index (κ3) is 4.42. The van der Waals surface area contributed by atoms with Crippen molar-refractivity contribution in [2.45, 2.75) is 19.4 Å². The zero-order valence-corrected chi connectivity index (χ0v) is 15.1. The van der Waals surface area contributed by atoms with Crippen molar-refractivity contribution in [1.29, 1.82) is 0 Å². The summed E-state index contributed by atoms with van der Waals surface area (Å²) in [5.41, 5.74) is 2.90. The monoisotopic (exact) mass is 351 g/mol. The van der Waals surface area contributed by atoms with Crippen LogP contribution in [0.5, 0.6) is 0 Å². The van der Waals surface area contributed by atoms with E-state index in [-0.39, 0.29) is 18.4 Å². The number of hydrogen-bond acceptors (Lipinski definition) is 3. The van der Waals surface area contributed by atoms with Gasteiger partial charge in [-0.3, -0.25) is 9.59 Å². The van der Waals surface area contributed by atoms with Gasteiger partial charge in [-0.05, 0) is 36.6 Å². The van der Waals surface area contributed by atoms with Gasteiger partial charge in [-0.15, -0.1) is 0 Å². The Balaban J connectivity index is 1.57. The van der Waals surface area contributed by atoms with Crippen LogP contribution in [0.1, 0.15) is 28.8 Å². The smallest absolute Gasteiger partial charge is 0.251 e. The molecule has 0 unspecified atom stereocenters. The summed E-state index contributed by atoms with van der Waals surface area (Å²) in [6.45, 7) is 2.67. The van der Waals surface area contributed by atoms with E-state index in [1.165, 1.54) is 18.5 Å². The van der Waals surface area contributed by atoms with Crippen LogP contribution in [0.3, 0.4) is 0 Å². The zero-order valence-electron chi connectivity index (χ0n) is 15.1. The molecule has 1 aliphatic heterocycles. The lowest BCUT2D eigenvalue weighted by molar-refractivity contribution is -0.129. The number of carbonyl (C=O) groups is 2. The second-order valence-electron chi connectivity index (χ2n) is 6.62. The van der Waals surface area contributed by atoms with Crippen LogP contribution in [0.25, 0.3) is 0 Å². The van der Waals surface area contributed by atoms with Crippen molar-refractivity contribution in [1.82, 2.24) is 10.2 Å². The molecule has 0 spiro atoms. The van der Waals surface area contributed by atoms with Gasteiger partial charge in [0, 0.05) is 37.9 Å². The minimum atomic E-state index is -0.232. The lowest BCUT2D eigenvalue weighted by atomic mass is 10.1. The molecular weight excluding hydrogens is 326 g/mol. The normalized spacial score (nSPS) is 13.5. The van der Waals surface area contributed by atoms with Gasteiger partial charge in [0.15, 0.2) is 0 Å². The Labute approximate surface area is 154 Å². The highest BCUT2D eigenvalue weighted by Gasteiger charge is 2.18. The molecule has 1 heterocycles. The van der Waals surface area contributed by atoms with Crippen LogP contribution >= 0.6 is 0 Å². The van der Waals surface area contributed by atoms with Crippen LogP contribution in [0.2, 0.25) is 0 Å². The predicted octanol–water partition coefficient (Wildman–Crippen LogP) is 2.68. The maximum atomic E-state index is 12.4. The molecule has 0 atom stereocenters. The van der Waals surface area contributed by atoms with E-state index in [1.807, 2.05) is 18.2 Å². The van der Waals surface area contributed by atoms with E-state index in [4.69, 9.17) is 0 Å². The van der Waals surface area contributed by atoms with E-state index in [9.17, 15) is 9.59 Å². The zero-order chi connectivity index (χ0) is 18.4. The molecule has 5 heteroatoms.